The Morgan fingerprint density at radius 1 is 0.970 bits per heavy atom. The minimum atomic E-state index is -1.46. The van der Waals surface area contributed by atoms with Gasteiger partial charge in [-0.05, 0) is 31.0 Å². The molecule has 0 radical (unpaired) electrons. The number of aliphatic hydroxyl groups is 1. The van der Waals surface area contributed by atoms with Gasteiger partial charge in [0.15, 0.2) is 0 Å². The number of aliphatic carboxylic acids is 2. The van der Waals surface area contributed by atoms with Gasteiger partial charge in [-0.1, -0.05) is 12.1 Å². The summed E-state index contributed by atoms with van der Waals surface area (Å²) < 4.78 is 0. The summed E-state index contributed by atoms with van der Waals surface area (Å²) in [4.78, 5) is 58.7. The first-order valence-electron chi connectivity index (χ1n) is 9.94. The number of nitrogens with two attached hydrogens (primary N) is 1. The fourth-order valence-corrected chi connectivity index (χ4v) is 2.63. The van der Waals surface area contributed by atoms with Crippen molar-refractivity contribution in [3.8, 4) is 5.75 Å². The lowest BCUT2D eigenvalue weighted by Crippen LogP contribution is -2.56. The minimum Gasteiger partial charge on any atom is -0.508 e. The maximum Gasteiger partial charge on any atom is 0.326 e. The van der Waals surface area contributed by atoms with Crippen LogP contribution in [0.15, 0.2) is 24.3 Å². The number of nitrogens with one attached hydrogen (secondary N) is 3. The summed E-state index contributed by atoms with van der Waals surface area (Å²) in [6.07, 6.45) is -2.05. The summed E-state index contributed by atoms with van der Waals surface area (Å²) in [5, 5.41) is 43.4. The quantitative estimate of drug-likeness (QED) is 0.154. The number of phenols is 1. The van der Waals surface area contributed by atoms with Crippen LogP contribution in [0.3, 0.4) is 0 Å². The molecule has 3 amide bonds. The third-order valence-electron chi connectivity index (χ3n) is 4.53. The normalized spacial score (nSPS) is 14.3. The molecule has 33 heavy (non-hydrogen) atoms. The molecule has 0 saturated heterocycles. The number of carboxylic acids is 2. The molecule has 0 bridgehead atoms. The topological polar surface area (TPSA) is 228 Å². The highest BCUT2D eigenvalue weighted by Crippen LogP contribution is 2.11. The highest BCUT2D eigenvalue weighted by Gasteiger charge is 2.27. The monoisotopic (exact) mass is 468 g/mol. The third kappa shape index (κ3) is 9.97. The number of aromatic hydroxyl groups is 1. The molecule has 0 saturated carbocycles. The number of hydrogen-bond acceptors (Lipinski definition) is 8. The molecule has 182 valence electrons. The van der Waals surface area contributed by atoms with Gasteiger partial charge in [-0.15, -0.1) is 0 Å². The fourth-order valence-electron chi connectivity index (χ4n) is 2.63. The van der Waals surface area contributed by atoms with Crippen LogP contribution in [0, 0.1) is 0 Å². The lowest BCUT2D eigenvalue weighted by atomic mass is 10.0. The molecule has 9 N–H and O–H groups in total. The molecule has 4 unspecified atom stereocenters. The van der Waals surface area contributed by atoms with Crippen molar-refractivity contribution >= 4 is 29.7 Å². The van der Waals surface area contributed by atoms with Crippen molar-refractivity contribution in [2.75, 3.05) is 6.54 Å². The van der Waals surface area contributed by atoms with Crippen molar-refractivity contribution in [3.05, 3.63) is 29.8 Å². The Morgan fingerprint density at radius 3 is 2.09 bits per heavy atom. The number of phenolic OH excluding ortho intramolecular Hbond substituents is 1. The van der Waals surface area contributed by atoms with Gasteiger partial charge < -0.3 is 42.1 Å². The first-order valence-corrected chi connectivity index (χ1v) is 9.94. The Balaban J connectivity index is 2.81. The van der Waals surface area contributed by atoms with Crippen molar-refractivity contribution in [2.24, 2.45) is 5.73 Å². The molecule has 0 aliphatic rings. The van der Waals surface area contributed by atoms with Crippen LogP contribution >= 0.6 is 0 Å². The number of amides is 3. The van der Waals surface area contributed by atoms with Crippen LogP contribution in [0.25, 0.3) is 0 Å². The van der Waals surface area contributed by atoms with Gasteiger partial charge in [0.1, 0.15) is 23.9 Å². The standard InChI is InChI=1S/C20H28N4O9/c1-10(25)17(21)19(31)24-14(8-11-2-4-12(26)5-3-11)18(30)22-9-15(27)23-13(20(32)33)6-7-16(28)29/h2-5,10,13-14,17,25-26H,6-9,21H2,1H3,(H,22,30)(H,23,27)(H,24,31)(H,28,29)(H,32,33). The van der Waals surface area contributed by atoms with Gasteiger partial charge in [0.2, 0.25) is 17.7 Å². The van der Waals surface area contributed by atoms with E-state index >= 15 is 0 Å². The van der Waals surface area contributed by atoms with Crippen LogP contribution in [0.2, 0.25) is 0 Å². The zero-order chi connectivity index (χ0) is 25.1. The highest BCUT2D eigenvalue weighted by atomic mass is 16.4. The highest BCUT2D eigenvalue weighted by molar-refractivity contribution is 5.93. The molecule has 0 spiro atoms. The molecule has 1 aromatic rings. The van der Waals surface area contributed by atoms with Crippen molar-refractivity contribution in [1.82, 2.24) is 16.0 Å². The van der Waals surface area contributed by atoms with Crippen LogP contribution in [-0.4, -0.2) is 80.9 Å². The molecule has 1 rings (SSSR count). The second-order valence-electron chi connectivity index (χ2n) is 7.31. The van der Waals surface area contributed by atoms with E-state index < -0.39 is 66.9 Å². The van der Waals surface area contributed by atoms with Gasteiger partial charge in [0.05, 0.1) is 12.6 Å². The molecule has 0 aromatic heterocycles. The fraction of sp³-hybridized carbons (Fsp3) is 0.450. The van der Waals surface area contributed by atoms with Gasteiger partial charge >= 0.3 is 11.9 Å². The van der Waals surface area contributed by atoms with Crippen molar-refractivity contribution in [3.63, 3.8) is 0 Å². The molecular weight excluding hydrogens is 440 g/mol. The molecule has 4 atom stereocenters. The maximum atomic E-state index is 12.6. The number of carbonyl (C=O) groups excluding carboxylic acids is 3. The number of carbonyl (C=O) groups is 5. The summed E-state index contributed by atoms with van der Waals surface area (Å²) in [6.45, 7) is 0.660. The Kier molecular flexibility index (Phi) is 10.7. The van der Waals surface area contributed by atoms with Gasteiger partial charge in [-0.25, -0.2) is 4.79 Å². The second kappa shape index (κ2) is 13.0. The summed E-state index contributed by atoms with van der Waals surface area (Å²) in [5.41, 5.74) is 6.15. The summed E-state index contributed by atoms with van der Waals surface area (Å²) in [7, 11) is 0. The van der Waals surface area contributed by atoms with Gasteiger partial charge in [-0.3, -0.25) is 19.2 Å². The SMILES string of the molecule is CC(O)C(N)C(=O)NC(Cc1ccc(O)cc1)C(=O)NCC(=O)NC(CCC(=O)O)C(=O)O. The van der Waals surface area contributed by atoms with E-state index in [4.69, 9.17) is 15.9 Å². The Labute approximate surface area is 189 Å². The number of aliphatic hydroxyl groups excluding tert-OH is 1. The van der Waals surface area contributed by atoms with Gasteiger partial charge in [-0.2, -0.15) is 0 Å². The van der Waals surface area contributed by atoms with Crippen LogP contribution < -0.4 is 21.7 Å². The van der Waals surface area contributed by atoms with E-state index in [-0.39, 0.29) is 18.6 Å². The molecule has 13 heteroatoms. The van der Waals surface area contributed by atoms with E-state index in [1.165, 1.54) is 31.2 Å². The molecule has 0 heterocycles. The van der Waals surface area contributed by atoms with E-state index in [0.717, 1.165) is 0 Å². The van der Waals surface area contributed by atoms with Crippen molar-refractivity contribution < 1.29 is 44.4 Å². The number of carboxylic acid groups (broad SMARTS) is 2. The van der Waals surface area contributed by atoms with Crippen LogP contribution in [0.5, 0.6) is 5.75 Å². The first kappa shape index (κ1) is 27.3. The summed E-state index contributed by atoms with van der Waals surface area (Å²) in [6, 6.07) is 1.82. The average Bonchev–Trinajstić information content (AvgIpc) is 2.74. The minimum absolute atomic E-state index is 0.00697. The number of rotatable bonds is 13. The number of hydrogen-bond donors (Lipinski definition) is 8. The lowest BCUT2D eigenvalue weighted by Gasteiger charge is -2.22. The Hall–Kier alpha value is -3.71. The summed E-state index contributed by atoms with van der Waals surface area (Å²) in [5.74, 6) is -5.15. The van der Waals surface area contributed by atoms with Gasteiger partial charge in [0, 0.05) is 12.8 Å². The second-order valence-corrected chi connectivity index (χ2v) is 7.31. The van der Waals surface area contributed by atoms with Gasteiger partial charge in [0.25, 0.3) is 0 Å². The maximum absolute atomic E-state index is 12.6. The third-order valence-corrected chi connectivity index (χ3v) is 4.53. The van der Waals surface area contributed by atoms with Crippen LogP contribution in [0.4, 0.5) is 0 Å². The predicted molar refractivity (Wildman–Crippen MR) is 113 cm³/mol. The van der Waals surface area contributed by atoms with E-state index in [1.807, 2.05) is 0 Å². The van der Waals surface area contributed by atoms with Crippen LogP contribution in [0.1, 0.15) is 25.3 Å². The molecular formula is C20H28N4O9. The number of benzene rings is 1. The van der Waals surface area contributed by atoms with E-state index in [9.17, 15) is 34.2 Å². The predicted octanol–water partition coefficient (Wildman–Crippen LogP) is -2.32. The molecule has 0 fully saturated rings. The lowest BCUT2D eigenvalue weighted by molar-refractivity contribution is -0.143. The van der Waals surface area contributed by atoms with Crippen molar-refractivity contribution in [1.29, 1.82) is 0 Å². The molecule has 0 aliphatic carbocycles. The molecule has 13 nitrogen and oxygen atoms in total. The smallest absolute Gasteiger partial charge is 0.326 e. The molecule has 1 aromatic carbocycles. The molecule has 0 aliphatic heterocycles. The van der Waals surface area contributed by atoms with E-state index in [0.29, 0.717) is 5.56 Å². The van der Waals surface area contributed by atoms with Crippen LogP contribution in [-0.2, 0) is 30.4 Å². The zero-order valence-corrected chi connectivity index (χ0v) is 17.9. The largest absolute Gasteiger partial charge is 0.508 e. The Bertz CT molecular complexity index is 858. The first-order chi connectivity index (χ1) is 15.4. The zero-order valence-electron chi connectivity index (χ0n) is 17.9. The average molecular weight is 468 g/mol. The van der Waals surface area contributed by atoms with E-state index in [2.05, 4.69) is 16.0 Å². The summed E-state index contributed by atoms with van der Waals surface area (Å²) >= 11 is 0. The van der Waals surface area contributed by atoms with Crippen molar-refractivity contribution in [2.45, 2.75) is 50.4 Å². The Morgan fingerprint density at radius 2 is 1.58 bits per heavy atom. The van der Waals surface area contributed by atoms with E-state index in [1.54, 1.807) is 0 Å².